The van der Waals surface area contributed by atoms with Gasteiger partial charge in [-0.1, -0.05) is 30.3 Å². The number of hydrogen-bond acceptors (Lipinski definition) is 3. The van der Waals surface area contributed by atoms with Gasteiger partial charge in [0.1, 0.15) is 0 Å². The molecular formula is C16H24N2O. The van der Waals surface area contributed by atoms with Crippen LogP contribution in [-0.4, -0.2) is 43.8 Å². The molecule has 2 heterocycles. The normalized spacial score (nSPS) is 26.4. The molecule has 3 rings (SSSR count). The van der Waals surface area contributed by atoms with Gasteiger partial charge in [0.2, 0.25) is 0 Å². The second kappa shape index (κ2) is 6.51. The summed E-state index contributed by atoms with van der Waals surface area (Å²) in [5.41, 5.74) is 1.43. The molecule has 0 spiro atoms. The first-order valence-corrected chi connectivity index (χ1v) is 7.49. The highest BCUT2D eigenvalue weighted by Gasteiger charge is 2.27. The van der Waals surface area contributed by atoms with E-state index < -0.39 is 0 Å². The minimum atomic E-state index is 0.590. The maximum absolute atomic E-state index is 5.58. The number of nitrogens with zero attached hydrogens (tertiary/aromatic N) is 1. The fourth-order valence-electron chi connectivity index (χ4n) is 3.24. The summed E-state index contributed by atoms with van der Waals surface area (Å²) in [5, 5.41) is 3.61. The van der Waals surface area contributed by atoms with E-state index in [1.54, 1.807) is 0 Å². The predicted molar refractivity (Wildman–Crippen MR) is 77.1 cm³/mol. The summed E-state index contributed by atoms with van der Waals surface area (Å²) >= 11 is 0. The fourth-order valence-corrected chi connectivity index (χ4v) is 3.24. The number of piperidine rings is 1. The molecule has 1 N–H and O–H groups in total. The summed E-state index contributed by atoms with van der Waals surface area (Å²) in [7, 11) is 0. The van der Waals surface area contributed by atoms with Crippen LogP contribution in [0.3, 0.4) is 0 Å². The van der Waals surface area contributed by atoms with Crippen molar-refractivity contribution >= 4 is 0 Å². The first-order chi connectivity index (χ1) is 9.42. The van der Waals surface area contributed by atoms with Gasteiger partial charge in [0.15, 0.2) is 0 Å². The number of rotatable bonds is 3. The molecule has 1 unspecified atom stereocenters. The summed E-state index contributed by atoms with van der Waals surface area (Å²) in [6.07, 6.45) is 2.60. The van der Waals surface area contributed by atoms with E-state index in [-0.39, 0.29) is 0 Å². The maximum Gasteiger partial charge on any atom is 0.0622 e. The molecule has 1 aromatic rings. The largest absolute Gasteiger partial charge is 0.379 e. The van der Waals surface area contributed by atoms with Gasteiger partial charge in [-0.25, -0.2) is 0 Å². The average Bonchev–Trinajstić information content (AvgIpc) is 2.50. The van der Waals surface area contributed by atoms with Crippen LogP contribution in [0, 0.1) is 5.92 Å². The Morgan fingerprint density at radius 2 is 1.95 bits per heavy atom. The molecule has 0 radical (unpaired) electrons. The number of benzene rings is 1. The Morgan fingerprint density at radius 3 is 2.63 bits per heavy atom. The Bertz CT molecular complexity index is 368. The van der Waals surface area contributed by atoms with Gasteiger partial charge in [0, 0.05) is 19.1 Å². The summed E-state index contributed by atoms with van der Waals surface area (Å²) in [4.78, 5) is 2.58. The third-order valence-electron chi connectivity index (χ3n) is 4.40. The van der Waals surface area contributed by atoms with E-state index in [1.807, 2.05) is 0 Å². The van der Waals surface area contributed by atoms with Gasteiger partial charge in [-0.05, 0) is 37.4 Å². The van der Waals surface area contributed by atoms with Crippen LogP contribution in [0.2, 0.25) is 0 Å². The van der Waals surface area contributed by atoms with Gasteiger partial charge in [-0.3, -0.25) is 4.90 Å². The van der Waals surface area contributed by atoms with Crippen molar-refractivity contribution in [2.45, 2.75) is 25.4 Å². The fraction of sp³-hybridized carbons (Fsp3) is 0.625. The molecule has 1 aromatic carbocycles. The zero-order valence-electron chi connectivity index (χ0n) is 11.6. The molecule has 104 valence electrons. The number of morpholine rings is 1. The first kappa shape index (κ1) is 13.1. The maximum atomic E-state index is 5.58. The summed E-state index contributed by atoms with van der Waals surface area (Å²) in [6, 6.07) is 11.4. The zero-order chi connectivity index (χ0) is 12.9. The lowest BCUT2D eigenvalue weighted by Crippen LogP contribution is -2.49. The lowest BCUT2D eigenvalue weighted by molar-refractivity contribution is 0.0389. The Kier molecular flexibility index (Phi) is 4.49. The standard InChI is InChI=1S/C16H24N2O/c1-2-4-14(5-3-1)12-18-9-6-15(7-10-18)16-13-19-11-8-17-16/h1-5,15-17H,6-13H2. The van der Waals surface area contributed by atoms with Crippen molar-refractivity contribution in [3.8, 4) is 0 Å². The molecule has 3 heteroatoms. The van der Waals surface area contributed by atoms with Gasteiger partial charge >= 0.3 is 0 Å². The summed E-state index contributed by atoms with van der Waals surface area (Å²) in [6.45, 7) is 6.35. The predicted octanol–water partition coefficient (Wildman–Crippen LogP) is 1.89. The smallest absolute Gasteiger partial charge is 0.0622 e. The molecule has 2 saturated heterocycles. The average molecular weight is 260 g/mol. The van der Waals surface area contributed by atoms with Crippen molar-refractivity contribution < 1.29 is 4.74 Å². The SMILES string of the molecule is c1ccc(CN2CCC(C3COCCN3)CC2)cc1. The number of ether oxygens (including phenoxy) is 1. The molecular weight excluding hydrogens is 236 g/mol. The van der Waals surface area contributed by atoms with Gasteiger partial charge in [-0.2, -0.15) is 0 Å². The highest BCUT2D eigenvalue weighted by atomic mass is 16.5. The van der Waals surface area contributed by atoms with Crippen molar-refractivity contribution in [3.63, 3.8) is 0 Å². The minimum absolute atomic E-state index is 0.590. The van der Waals surface area contributed by atoms with Crippen molar-refractivity contribution in [3.05, 3.63) is 35.9 Å². The lowest BCUT2D eigenvalue weighted by Gasteiger charge is -2.38. The Labute approximate surface area is 115 Å². The summed E-state index contributed by atoms with van der Waals surface area (Å²) < 4.78 is 5.58. The molecule has 0 saturated carbocycles. The van der Waals surface area contributed by atoms with E-state index >= 15 is 0 Å². The molecule has 19 heavy (non-hydrogen) atoms. The third-order valence-corrected chi connectivity index (χ3v) is 4.40. The van der Waals surface area contributed by atoms with Crippen LogP contribution in [0.25, 0.3) is 0 Å². The van der Waals surface area contributed by atoms with Crippen molar-refractivity contribution in [1.82, 2.24) is 10.2 Å². The first-order valence-electron chi connectivity index (χ1n) is 7.49. The Hall–Kier alpha value is -0.900. The van der Waals surface area contributed by atoms with Crippen LogP contribution in [-0.2, 0) is 11.3 Å². The van der Waals surface area contributed by atoms with Crippen LogP contribution >= 0.6 is 0 Å². The van der Waals surface area contributed by atoms with E-state index in [2.05, 4.69) is 40.5 Å². The van der Waals surface area contributed by atoms with E-state index in [4.69, 9.17) is 4.74 Å². The van der Waals surface area contributed by atoms with Gasteiger partial charge in [0.05, 0.1) is 13.2 Å². The number of hydrogen-bond donors (Lipinski definition) is 1. The Morgan fingerprint density at radius 1 is 1.16 bits per heavy atom. The molecule has 3 nitrogen and oxygen atoms in total. The topological polar surface area (TPSA) is 24.5 Å². The second-order valence-corrected chi connectivity index (χ2v) is 5.73. The monoisotopic (exact) mass is 260 g/mol. The third kappa shape index (κ3) is 3.56. The molecule has 0 aromatic heterocycles. The van der Waals surface area contributed by atoms with E-state index in [0.717, 1.165) is 32.2 Å². The van der Waals surface area contributed by atoms with Crippen LogP contribution in [0.1, 0.15) is 18.4 Å². The van der Waals surface area contributed by atoms with E-state index in [1.165, 1.54) is 31.5 Å². The lowest BCUT2D eigenvalue weighted by atomic mass is 9.89. The molecule has 0 amide bonds. The van der Waals surface area contributed by atoms with Crippen LogP contribution in [0.5, 0.6) is 0 Å². The minimum Gasteiger partial charge on any atom is -0.379 e. The Balaban J connectivity index is 1.46. The quantitative estimate of drug-likeness (QED) is 0.898. The van der Waals surface area contributed by atoms with Crippen LogP contribution in [0.4, 0.5) is 0 Å². The van der Waals surface area contributed by atoms with Gasteiger partial charge in [-0.15, -0.1) is 0 Å². The molecule has 2 fully saturated rings. The van der Waals surface area contributed by atoms with Crippen LogP contribution < -0.4 is 5.32 Å². The molecule has 0 aliphatic carbocycles. The van der Waals surface area contributed by atoms with Crippen molar-refractivity contribution in [2.24, 2.45) is 5.92 Å². The van der Waals surface area contributed by atoms with Crippen LogP contribution in [0.15, 0.2) is 30.3 Å². The number of likely N-dealkylation sites (tertiary alicyclic amines) is 1. The summed E-state index contributed by atoms with van der Waals surface area (Å²) in [5.74, 6) is 0.798. The van der Waals surface area contributed by atoms with Gasteiger partial charge < -0.3 is 10.1 Å². The molecule has 1 atom stereocenters. The second-order valence-electron chi connectivity index (χ2n) is 5.73. The van der Waals surface area contributed by atoms with E-state index in [0.29, 0.717) is 6.04 Å². The van der Waals surface area contributed by atoms with E-state index in [9.17, 15) is 0 Å². The molecule has 2 aliphatic rings. The van der Waals surface area contributed by atoms with Crippen molar-refractivity contribution in [2.75, 3.05) is 32.8 Å². The molecule has 0 bridgehead atoms. The molecule has 2 aliphatic heterocycles. The highest BCUT2D eigenvalue weighted by molar-refractivity contribution is 5.14. The van der Waals surface area contributed by atoms with Gasteiger partial charge in [0.25, 0.3) is 0 Å². The zero-order valence-corrected chi connectivity index (χ0v) is 11.6. The van der Waals surface area contributed by atoms with Crippen molar-refractivity contribution in [1.29, 1.82) is 0 Å². The highest BCUT2D eigenvalue weighted by Crippen LogP contribution is 2.23. The number of nitrogens with one attached hydrogen (secondary N) is 1.